The van der Waals surface area contributed by atoms with Crippen LogP contribution in [0.3, 0.4) is 0 Å². The van der Waals surface area contributed by atoms with Gasteiger partial charge in [-0.2, -0.15) is 0 Å². The first kappa shape index (κ1) is 22.9. The molecule has 2 aromatic carbocycles. The van der Waals surface area contributed by atoms with Gasteiger partial charge in [-0.3, -0.25) is 4.79 Å². The number of nitrogens with one attached hydrogen (secondary N) is 1. The Morgan fingerprint density at radius 1 is 1.00 bits per heavy atom. The number of aryl methyl sites for hydroxylation is 1. The van der Waals surface area contributed by atoms with Crippen molar-refractivity contribution in [3.05, 3.63) is 48.0 Å². The zero-order chi connectivity index (χ0) is 21.8. The number of rotatable bonds is 8. The average Bonchev–Trinajstić information content (AvgIpc) is 2.66. The number of methoxy groups -OCH3 is 1. The summed E-state index contributed by atoms with van der Waals surface area (Å²) >= 11 is 0. The van der Waals surface area contributed by atoms with Crippen LogP contribution in [0.5, 0.6) is 5.75 Å². The van der Waals surface area contributed by atoms with E-state index in [9.17, 15) is 21.6 Å². The molecule has 0 atom stereocenters. The van der Waals surface area contributed by atoms with Crippen molar-refractivity contribution in [1.82, 2.24) is 4.31 Å². The predicted octanol–water partition coefficient (Wildman–Crippen LogP) is 2.06. The molecule has 0 spiro atoms. The highest BCUT2D eigenvalue weighted by Gasteiger charge is 2.21. The van der Waals surface area contributed by atoms with E-state index in [1.165, 1.54) is 51.5 Å². The smallest absolute Gasteiger partial charge is 0.242 e. The van der Waals surface area contributed by atoms with Crippen LogP contribution in [0.15, 0.2) is 52.3 Å². The van der Waals surface area contributed by atoms with Gasteiger partial charge in [0.25, 0.3) is 0 Å². The number of anilines is 1. The van der Waals surface area contributed by atoms with E-state index in [1.807, 2.05) is 6.92 Å². The first-order valence-electron chi connectivity index (χ1n) is 8.67. The minimum Gasteiger partial charge on any atom is -0.495 e. The first-order valence-corrected chi connectivity index (χ1v) is 11.8. The third kappa shape index (κ3) is 5.55. The van der Waals surface area contributed by atoms with Gasteiger partial charge in [0.1, 0.15) is 5.75 Å². The highest BCUT2D eigenvalue weighted by molar-refractivity contribution is 7.91. The van der Waals surface area contributed by atoms with Gasteiger partial charge < -0.3 is 10.1 Å². The fourth-order valence-electron chi connectivity index (χ4n) is 2.46. The number of amides is 1. The van der Waals surface area contributed by atoms with Gasteiger partial charge in [0.05, 0.1) is 28.3 Å². The van der Waals surface area contributed by atoms with Crippen molar-refractivity contribution in [1.29, 1.82) is 0 Å². The van der Waals surface area contributed by atoms with Crippen molar-refractivity contribution in [3.63, 3.8) is 0 Å². The van der Waals surface area contributed by atoms with Crippen LogP contribution < -0.4 is 10.1 Å². The quantitative estimate of drug-likeness (QED) is 0.673. The number of hydrogen-bond acceptors (Lipinski definition) is 6. The van der Waals surface area contributed by atoms with Crippen LogP contribution in [0.1, 0.15) is 12.0 Å². The molecule has 0 bridgehead atoms. The van der Waals surface area contributed by atoms with E-state index in [4.69, 9.17) is 4.74 Å². The predicted molar refractivity (Wildman–Crippen MR) is 110 cm³/mol. The molecule has 0 heterocycles. The van der Waals surface area contributed by atoms with E-state index in [2.05, 4.69) is 5.32 Å². The Morgan fingerprint density at radius 2 is 1.59 bits per heavy atom. The van der Waals surface area contributed by atoms with Crippen molar-refractivity contribution < 1.29 is 26.4 Å². The monoisotopic (exact) mass is 440 g/mol. The maximum atomic E-state index is 12.4. The lowest BCUT2D eigenvalue weighted by Crippen LogP contribution is -2.23. The van der Waals surface area contributed by atoms with Crippen LogP contribution in [0.2, 0.25) is 0 Å². The molecular formula is C19H24N2O6S2. The Hall–Kier alpha value is -2.43. The van der Waals surface area contributed by atoms with Crippen LogP contribution in [0.4, 0.5) is 5.69 Å². The number of sulfone groups is 1. The van der Waals surface area contributed by atoms with E-state index in [0.717, 1.165) is 9.87 Å². The molecule has 0 unspecified atom stereocenters. The number of benzene rings is 2. The molecule has 8 nitrogen and oxygen atoms in total. The lowest BCUT2D eigenvalue weighted by atomic mass is 10.2. The van der Waals surface area contributed by atoms with Crippen molar-refractivity contribution in [2.45, 2.75) is 23.1 Å². The molecule has 0 aliphatic carbocycles. The molecule has 0 radical (unpaired) electrons. The van der Waals surface area contributed by atoms with Crippen LogP contribution in [-0.4, -0.2) is 54.0 Å². The molecule has 1 N–H and O–H groups in total. The number of ether oxygens (including phenoxy) is 1. The second-order valence-corrected chi connectivity index (χ2v) is 10.8. The fraction of sp³-hybridized carbons (Fsp3) is 0.316. The first-order chi connectivity index (χ1) is 13.5. The van der Waals surface area contributed by atoms with Crippen LogP contribution in [0.25, 0.3) is 0 Å². The van der Waals surface area contributed by atoms with Gasteiger partial charge in [0.2, 0.25) is 15.9 Å². The average molecular weight is 441 g/mol. The molecule has 1 amide bonds. The summed E-state index contributed by atoms with van der Waals surface area (Å²) in [5.41, 5.74) is 1.08. The SMILES string of the molecule is COc1ccc(S(=O)(=O)N(C)C)cc1NC(=O)CCS(=O)(=O)c1ccc(C)cc1. The van der Waals surface area contributed by atoms with Gasteiger partial charge in [-0.15, -0.1) is 0 Å². The second-order valence-electron chi connectivity index (χ2n) is 6.58. The topological polar surface area (TPSA) is 110 Å². The molecule has 2 aromatic rings. The minimum absolute atomic E-state index is 0.0223. The van der Waals surface area contributed by atoms with Crippen molar-refractivity contribution >= 4 is 31.5 Å². The maximum absolute atomic E-state index is 12.4. The molecule has 0 fully saturated rings. The summed E-state index contributed by atoms with van der Waals surface area (Å²) < 4.78 is 55.6. The molecule has 0 saturated carbocycles. The van der Waals surface area contributed by atoms with Crippen LogP contribution in [-0.2, 0) is 24.7 Å². The van der Waals surface area contributed by atoms with Gasteiger partial charge in [0.15, 0.2) is 9.84 Å². The summed E-state index contributed by atoms with van der Waals surface area (Å²) in [7, 11) is -3.15. The minimum atomic E-state index is -3.70. The maximum Gasteiger partial charge on any atom is 0.242 e. The molecule has 0 aliphatic rings. The van der Waals surface area contributed by atoms with Gasteiger partial charge in [-0.1, -0.05) is 17.7 Å². The zero-order valence-electron chi connectivity index (χ0n) is 16.7. The number of carbonyl (C=O) groups excluding carboxylic acids is 1. The largest absolute Gasteiger partial charge is 0.495 e. The third-order valence-electron chi connectivity index (χ3n) is 4.20. The van der Waals surface area contributed by atoms with Gasteiger partial charge >= 0.3 is 0 Å². The molecule has 0 aliphatic heterocycles. The lowest BCUT2D eigenvalue weighted by Gasteiger charge is -2.15. The number of nitrogens with zero attached hydrogens (tertiary/aromatic N) is 1. The Morgan fingerprint density at radius 3 is 2.14 bits per heavy atom. The summed E-state index contributed by atoms with van der Waals surface area (Å²) in [5, 5.41) is 2.53. The standard InChI is InChI=1S/C19H24N2O6S2/c1-14-5-7-15(8-6-14)28(23,24)12-11-19(22)20-17-13-16(9-10-18(17)27-4)29(25,26)21(2)3/h5-10,13H,11-12H2,1-4H3,(H,20,22). The highest BCUT2D eigenvalue weighted by Crippen LogP contribution is 2.28. The van der Waals surface area contributed by atoms with Crippen molar-refractivity contribution in [2.24, 2.45) is 0 Å². The van der Waals surface area contributed by atoms with Crippen molar-refractivity contribution in [2.75, 3.05) is 32.3 Å². The van der Waals surface area contributed by atoms with Gasteiger partial charge in [-0.05, 0) is 37.3 Å². The molecule has 29 heavy (non-hydrogen) atoms. The van der Waals surface area contributed by atoms with Crippen molar-refractivity contribution in [3.8, 4) is 5.75 Å². The molecule has 0 saturated heterocycles. The van der Waals surface area contributed by atoms with Crippen LogP contribution >= 0.6 is 0 Å². The molecule has 0 aromatic heterocycles. The molecule has 10 heteroatoms. The Kier molecular flexibility index (Phi) is 7.04. The Bertz CT molecular complexity index is 1090. The third-order valence-corrected chi connectivity index (χ3v) is 7.74. The number of hydrogen-bond donors (Lipinski definition) is 1. The molecule has 2 rings (SSSR count). The highest BCUT2D eigenvalue weighted by atomic mass is 32.2. The normalized spacial score (nSPS) is 12.0. The van der Waals surface area contributed by atoms with E-state index in [-0.39, 0.29) is 33.4 Å². The second kappa shape index (κ2) is 8.93. The number of carbonyl (C=O) groups is 1. The van der Waals surface area contributed by atoms with Crippen LogP contribution in [0, 0.1) is 6.92 Å². The number of sulfonamides is 1. The Balaban J connectivity index is 2.16. The molecule has 158 valence electrons. The summed E-state index contributed by atoms with van der Waals surface area (Å²) in [4.78, 5) is 12.4. The summed E-state index contributed by atoms with van der Waals surface area (Å²) in [6, 6.07) is 10.5. The zero-order valence-corrected chi connectivity index (χ0v) is 18.3. The van der Waals surface area contributed by atoms with E-state index in [0.29, 0.717) is 0 Å². The van der Waals surface area contributed by atoms with E-state index in [1.54, 1.807) is 12.1 Å². The Labute approximate surface area is 171 Å². The van der Waals surface area contributed by atoms with Gasteiger partial charge in [0, 0.05) is 20.5 Å². The van der Waals surface area contributed by atoms with E-state index < -0.39 is 25.8 Å². The van der Waals surface area contributed by atoms with Gasteiger partial charge in [-0.25, -0.2) is 21.1 Å². The fourth-order valence-corrected chi connectivity index (χ4v) is 4.63. The summed E-state index contributed by atoms with van der Waals surface area (Å²) in [6.45, 7) is 1.85. The summed E-state index contributed by atoms with van der Waals surface area (Å²) in [6.07, 6.45) is -0.288. The van der Waals surface area contributed by atoms with E-state index >= 15 is 0 Å². The summed E-state index contributed by atoms with van der Waals surface area (Å²) in [5.74, 6) is -0.685. The lowest BCUT2D eigenvalue weighted by molar-refractivity contribution is -0.115. The molecular weight excluding hydrogens is 416 g/mol.